The maximum atomic E-state index is 5.45. The Labute approximate surface area is 175 Å². The molecule has 30 heavy (non-hydrogen) atoms. The fourth-order valence-corrected chi connectivity index (χ4v) is 4.09. The molecule has 1 aliphatic carbocycles. The second-order valence-corrected chi connectivity index (χ2v) is 7.44. The van der Waals surface area contributed by atoms with Gasteiger partial charge < -0.3 is 10.1 Å². The minimum Gasteiger partial charge on any atom is -0.494 e. The van der Waals surface area contributed by atoms with Gasteiger partial charge in [0.15, 0.2) is 5.82 Å². The summed E-state index contributed by atoms with van der Waals surface area (Å²) in [6, 6.07) is 14.1. The van der Waals surface area contributed by atoms with Crippen molar-refractivity contribution in [3.8, 4) is 17.3 Å². The fourth-order valence-electron chi connectivity index (χ4n) is 4.09. The number of benzene rings is 1. The van der Waals surface area contributed by atoms with E-state index in [9.17, 15) is 0 Å². The summed E-state index contributed by atoms with van der Waals surface area (Å²) in [4.78, 5) is 4.45. The summed E-state index contributed by atoms with van der Waals surface area (Å²) in [6.45, 7) is 0.744. The maximum absolute atomic E-state index is 5.45. The van der Waals surface area contributed by atoms with Crippen molar-refractivity contribution in [1.82, 2.24) is 29.9 Å². The van der Waals surface area contributed by atoms with Crippen molar-refractivity contribution in [2.75, 3.05) is 7.11 Å². The van der Waals surface area contributed by atoms with E-state index >= 15 is 0 Å². The Morgan fingerprint density at radius 1 is 1.10 bits per heavy atom. The molecule has 4 aromatic rings. The molecule has 0 radical (unpaired) electrons. The highest BCUT2D eigenvalue weighted by atomic mass is 16.5. The highest BCUT2D eigenvalue weighted by Crippen LogP contribution is 2.31. The van der Waals surface area contributed by atoms with Crippen LogP contribution in [0.2, 0.25) is 0 Å². The smallest absolute Gasteiger partial charge is 0.153 e. The number of para-hydroxylation sites is 2. The number of rotatable bonds is 6. The third-order valence-corrected chi connectivity index (χ3v) is 5.57. The van der Waals surface area contributed by atoms with E-state index in [4.69, 9.17) is 4.74 Å². The van der Waals surface area contributed by atoms with E-state index in [1.807, 2.05) is 70.4 Å². The Morgan fingerprint density at radius 3 is 2.87 bits per heavy atom. The van der Waals surface area contributed by atoms with Gasteiger partial charge in [-0.05, 0) is 43.5 Å². The quantitative estimate of drug-likeness (QED) is 0.535. The lowest BCUT2D eigenvalue weighted by molar-refractivity contribution is 0.411. The molecular weight excluding hydrogens is 376 g/mol. The van der Waals surface area contributed by atoms with Crippen LogP contribution < -0.4 is 10.1 Å². The number of pyridine rings is 1. The van der Waals surface area contributed by atoms with Crippen LogP contribution in [0.4, 0.5) is 0 Å². The molecule has 152 valence electrons. The van der Waals surface area contributed by atoms with Crippen molar-refractivity contribution in [2.45, 2.75) is 31.8 Å². The molecule has 0 amide bonds. The van der Waals surface area contributed by atoms with Crippen LogP contribution in [-0.4, -0.2) is 31.7 Å². The number of hydrogen-bond acceptors (Lipinski definition) is 5. The van der Waals surface area contributed by atoms with E-state index in [0.717, 1.165) is 48.6 Å². The largest absolute Gasteiger partial charge is 0.494 e. The fraction of sp³-hybridized carbons (Fsp3) is 0.261. The Balaban J connectivity index is 1.32. The number of ether oxygens (including phenoxy) is 1. The summed E-state index contributed by atoms with van der Waals surface area (Å²) < 4.78 is 9.29. The molecule has 7 nitrogen and oxygen atoms in total. The van der Waals surface area contributed by atoms with E-state index in [1.54, 1.807) is 13.3 Å². The molecule has 0 saturated heterocycles. The van der Waals surface area contributed by atoms with E-state index < -0.39 is 0 Å². The second-order valence-electron chi connectivity index (χ2n) is 7.44. The summed E-state index contributed by atoms with van der Waals surface area (Å²) >= 11 is 0. The lowest BCUT2D eigenvalue weighted by atomic mass is 9.93. The van der Waals surface area contributed by atoms with Gasteiger partial charge in [-0.15, -0.1) is 0 Å². The topological polar surface area (TPSA) is 69.8 Å². The normalized spacial score (nSPS) is 15.7. The zero-order valence-electron chi connectivity index (χ0n) is 16.9. The van der Waals surface area contributed by atoms with Crippen LogP contribution in [0, 0.1) is 0 Å². The van der Waals surface area contributed by atoms with E-state index in [1.165, 1.54) is 11.3 Å². The first kappa shape index (κ1) is 18.6. The molecule has 3 heterocycles. The number of methoxy groups -OCH3 is 1. The molecule has 1 atom stereocenters. The molecule has 5 rings (SSSR count). The van der Waals surface area contributed by atoms with E-state index in [0.29, 0.717) is 0 Å². The molecule has 1 N–H and O–H groups in total. The molecule has 0 saturated carbocycles. The predicted octanol–water partition coefficient (Wildman–Crippen LogP) is 3.63. The van der Waals surface area contributed by atoms with Crippen LogP contribution in [0.3, 0.4) is 0 Å². The van der Waals surface area contributed by atoms with Gasteiger partial charge in [0.25, 0.3) is 0 Å². The number of nitrogens with zero attached hydrogens (tertiary/aromatic N) is 5. The summed E-state index contributed by atoms with van der Waals surface area (Å²) in [5, 5.41) is 12.8. The maximum Gasteiger partial charge on any atom is 0.153 e. The third-order valence-electron chi connectivity index (χ3n) is 5.57. The van der Waals surface area contributed by atoms with E-state index in [2.05, 4.69) is 20.5 Å². The van der Waals surface area contributed by atoms with Crippen LogP contribution >= 0.6 is 0 Å². The first-order valence-electron chi connectivity index (χ1n) is 10.2. The summed E-state index contributed by atoms with van der Waals surface area (Å²) in [7, 11) is 1.68. The standard InChI is InChI=1S/C23H24N6O/c1-30-22-10-3-2-8-21(22)28-16-17(14-26-28)13-25-19-7-6-9-20-18(19)15-27-29(20)23-11-4-5-12-24-23/h2-5,8,10-12,14-16,19,25H,6-7,9,13H2,1H3. The minimum atomic E-state index is 0.279. The van der Waals surface area contributed by atoms with Crippen molar-refractivity contribution in [3.05, 3.63) is 84.1 Å². The number of nitrogens with one attached hydrogen (secondary N) is 1. The van der Waals surface area contributed by atoms with Gasteiger partial charge >= 0.3 is 0 Å². The van der Waals surface area contributed by atoms with Gasteiger partial charge in [0, 0.05) is 36.1 Å². The van der Waals surface area contributed by atoms with Gasteiger partial charge in [-0.3, -0.25) is 0 Å². The lowest BCUT2D eigenvalue weighted by Gasteiger charge is -2.24. The van der Waals surface area contributed by atoms with Gasteiger partial charge in [-0.2, -0.15) is 10.2 Å². The minimum absolute atomic E-state index is 0.279. The van der Waals surface area contributed by atoms with Gasteiger partial charge in [-0.1, -0.05) is 18.2 Å². The second kappa shape index (κ2) is 8.12. The van der Waals surface area contributed by atoms with Crippen LogP contribution in [0.15, 0.2) is 67.3 Å². The molecule has 0 aliphatic heterocycles. The Morgan fingerprint density at radius 2 is 2.00 bits per heavy atom. The zero-order chi connectivity index (χ0) is 20.3. The van der Waals surface area contributed by atoms with Gasteiger partial charge in [-0.25, -0.2) is 14.3 Å². The number of hydrogen-bond donors (Lipinski definition) is 1. The van der Waals surface area contributed by atoms with Crippen molar-refractivity contribution in [2.24, 2.45) is 0 Å². The molecule has 3 aromatic heterocycles. The molecular formula is C23H24N6O. The molecule has 1 unspecified atom stereocenters. The monoisotopic (exact) mass is 400 g/mol. The summed E-state index contributed by atoms with van der Waals surface area (Å²) in [5.74, 6) is 1.68. The first-order valence-corrected chi connectivity index (χ1v) is 10.2. The Kier molecular flexibility index (Phi) is 5.03. The van der Waals surface area contributed by atoms with Crippen LogP contribution in [-0.2, 0) is 13.0 Å². The van der Waals surface area contributed by atoms with Gasteiger partial charge in [0.1, 0.15) is 11.4 Å². The molecule has 0 spiro atoms. The number of fused-ring (bicyclic) bond motifs is 1. The summed E-state index contributed by atoms with van der Waals surface area (Å²) in [5.41, 5.74) is 4.58. The molecule has 1 aliphatic rings. The highest BCUT2D eigenvalue weighted by molar-refractivity contribution is 5.46. The van der Waals surface area contributed by atoms with Crippen molar-refractivity contribution in [3.63, 3.8) is 0 Å². The highest BCUT2D eigenvalue weighted by Gasteiger charge is 2.24. The summed E-state index contributed by atoms with van der Waals surface area (Å²) in [6.07, 6.45) is 11.0. The van der Waals surface area contributed by atoms with Crippen molar-refractivity contribution >= 4 is 0 Å². The first-order chi connectivity index (χ1) is 14.8. The Hall–Kier alpha value is -3.45. The molecule has 0 fully saturated rings. The third kappa shape index (κ3) is 3.48. The van der Waals surface area contributed by atoms with E-state index in [-0.39, 0.29) is 6.04 Å². The van der Waals surface area contributed by atoms with Crippen LogP contribution in [0.1, 0.15) is 35.7 Å². The van der Waals surface area contributed by atoms with Crippen LogP contribution in [0.5, 0.6) is 5.75 Å². The molecule has 7 heteroatoms. The predicted molar refractivity (Wildman–Crippen MR) is 114 cm³/mol. The van der Waals surface area contributed by atoms with Crippen molar-refractivity contribution in [1.29, 1.82) is 0 Å². The average Bonchev–Trinajstić information content (AvgIpc) is 3.46. The van der Waals surface area contributed by atoms with Gasteiger partial charge in [0.2, 0.25) is 0 Å². The zero-order valence-corrected chi connectivity index (χ0v) is 16.9. The van der Waals surface area contributed by atoms with Crippen molar-refractivity contribution < 1.29 is 4.74 Å². The van der Waals surface area contributed by atoms with Crippen LogP contribution in [0.25, 0.3) is 11.5 Å². The molecule has 0 bridgehead atoms. The average molecular weight is 400 g/mol. The molecule has 1 aromatic carbocycles. The SMILES string of the molecule is COc1ccccc1-n1cc(CNC2CCCc3c2cnn3-c2ccccn2)cn1. The lowest BCUT2D eigenvalue weighted by Crippen LogP contribution is -2.25. The Bertz CT molecular complexity index is 1130. The van der Waals surface area contributed by atoms with Gasteiger partial charge in [0.05, 0.1) is 25.2 Å². The number of aromatic nitrogens is 5.